The van der Waals surface area contributed by atoms with Crippen LogP contribution in [-0.2, 0) is 4.79 Å². The maximum Gasteiger partial charge on any atom is 0.222 e. The zero-order valence-corrected chi connectivity index (χ0v) is 12.0. The van der Waals surface area contributed by atoms with Gasteiger partial charge in [-0.1, -0.05) is 51.1 Å². The van der Waals surface area contributed by atoms with Crippen LogP contribution in [-0.4, -0.2) is 24.4 Å². The Kier molecular flexibility index (Phi) is 5.90. The number of hydrogen-bond donors (Lipinski definition) is 0. The molecule has 2 atom stereocenters. The third-order valence-corrected chi connectivity index (χ3v) is 3.64. The van der Waals surface area contributed by atoms with Crippen molar-refractivity contribution in [3.8, 4) is 0 Å². The topological polar surface area (TPSA) is 20.3 Å². The van der Waals surface area contributed by atoms with Crippen molar-refractivity contribution in [2.45, 2.75) is 39.5 Å². The molecule has 0 bridgehead atoms. The van der Waals surface area contributed by atoms with Gasteiger partial charge in [-0.05, 0) is 23.8 Å². The van der Waals surface area contributed by atoms with Crippen LogP contribution in [0.1, 0.15) is 45.1 Å². The minimum Gasteiger partial charge on any atom is -0.345 e. The van der Waals surface area contributed by atoms with E-state index in [4.69, 9.17) is 0 Å². The van der Waals surface area contributed by atoms with E-state index in [9.17, 15) is 4.79 Å². The maximum atomic E-state index is 11.6. The highest BCUT2D eigenvalue weighted by atomic mass is 16.2. The lowest BCUT2D eigenvalue weighted by atomic mass is 9.85. The monoisotopic (exact) mass is 247 g/mol. The van der Waals surface area contributed by atoms with E-state index in [1.807, 2.05) is 24.9 Å². The SMILES string of the molecule is CCC(=O)N(C)CC(C)C(CC)c1ccccc1. The highest BCUT2D eigenvalue weighted by molar-refractivity contribution is 5.75. The summed E-state index contributed by atoms with van der Waals surface area (Å²) < 4.78 is 0. The minimum atomic E-state index is 0.227. The summed E-state index contributed by atoms with van der Waals surface area (Å²) in [5.74, 6) is 1.24. The Morgan fingerprint density at radius 1 is 1.22 bits per heavy atom. The molecule has 0 radical (unpaired) electrons. The van der Waals surface area contributed by atoms with E-state index >= 15 is 0 Å². The number of hydrogen-bond acceptors (Lipinski definition) is 1. The molecule has 100 valence electrons. The van der Waals surface area contributed by atoms with E-state index in [0.29, 0.717) is 18.3 Å². The Bertz CT molecular complexity index is 361. The molecule has 0 spiro atoms. The van der Waals surface area contributed by atoms with E-state index in [0.717, 1.165) is 13.0 Å². The third kappa shape index (κ3) is 3.86. The second-order valence-corrected chi connectivity index (χ2v) is 5.03. The second kappa shape index (κ2) is 7.20. The zero-order chi connectivity index (χ0) is 13.5. The van der Waals surface area contributed by atoms with Gasteiger partial charge < -0.3 is 4.90 Å². The van der Waals surface area contributed by atoms with Gasteiger partial charge in [0.15, 0.2) is 0 Å². The molecule has 0 saturated heterocycles. The van der Waals surface area contributed by atoms with Gasteiger partial charge in [-0.3, -0.25) is 4.79 Å². The molecule has 2 heteroatoms. The van der Waals surface area contributed by atoms with Gasteiger partial charge in [0.2, 0.25) is 5.91 Å². The smallest absolute Gasteiger partial charge is 0.222 e. The maximum absolute atomic E-state index is 11.6. The molecule has 0 fully saturated rings. The summed E-state index contributed by atoms with van der Waals surface area (Å²) in [6.07, 6.45) is 1.70. The summed E-state index contributed by atoms with van der Waals surface area (Å²) in [6, 6.07) is 10.6. The molecule has 1 aromatic carbocycles. The van der Waals surface area contributed by atoms with Crippen LogP contribution in [0.25, 0.3) is 0 Å². The summed E-state index contributed by atoms with van der Waals surface area (Å²) in [7, 11) is 1.90. The molecule has 1 aromatic rings. The van der Waals surface area contributed by atoms with Crippen molar-refractivity contribution in [1.29, 1.82) is 0 Å². The number of amides is 1. The molecule has 0 aromatic heterocycles. The highest BCUT2D eigenvalue weighted by Crippen LogP contribution is 2.28. The summed E-state index contributed by atoms with van der Waals surface area (Å²) in [5.41, 5.74) is 1.38. The first-order valence-electron chi connectivity index (χ1n) is 6.89. The number of rotatable bonds is 6. The van der Waals surface area contributed by atoms with Gasteiger partial charge in [0.1, 0.15) is 0 Å². The Hall–Kier alpha value is -1.31. The molecule has 1 rings (SSSR count). The Morgan fingerprint density at radius 2 is 1.83 bits per heavy atom. The number of nitrogens with zero attached hydrogens (tertiary/aromatic N) is 1. The molecule has 0 N–H and O–H groups in total. The van der Waals surface area contributed by atoms with Crippen LogP contribution >= 0.6 is 0 Å². The van der Waals surface area contributed by atoms with Crippen molar-refractivity contribution in [2.75, 3.05) is 13.6 Å². The van der Waals surface area contributed by atoms with Crippen molar-refractivity contribution in [1.82, 2.24) is 4.90 Å². The van der Waals surface area contributed by atoms with Gasteiger partial charge >= 0.3 is 0 Å². The van der Waals surface area contributed by atoms with Crippen LogP contribution < -0.4 is 0 Å². The van der Waals surface area contributed by atoms with E-state index < -0.39 is 0 Å². The predicted octanol–water partition coefficient (Wildman–Crippen LogP) is 3.68. The molecule has 0 aliphatic carbocycles. The standard InChI is InChI=1S/C16H25NO/c1-5-15(14-10-8-7-9-11-14)13(3)12-17(4)16(18)6-2/h7-11,13,15H,5-6,12H2,1-4H3. The molecule has 0 saturated carbocycles. The molecule has 0 heterocycles. The fourth-order valence-corrected chi connectivity index (χ4v) is 2.60. The van der Waals surface area contributed by atoms with Crippen molar-refractivity contribution < 1.29 is 4.79 Å². The number of benzene rings is 1. The van der Waals surface area contributed by atoms with E-state index in [1.54, 1.807) is 0 Å². The Balaban J connectivity index is 2.69. The van der Waals surface area contributed by atoms with Crippen LogP contribution in [0.3, 0.4) is 0 Å². The molecule has 2 unspecified atom stereocenters. The highest BCUT2D eigenvalue weighted by Gasteiger charge is 2.20. The quantitative estimate of drug-likeness (QED) is 0.751. The van der Waals surface area contributed by atoms with Gasteiger partial charge in [-0.15, -0.1) is 0 Å². The average Bonchev–Trinajstić information content (AvgIpc) is 2.39. The summed E-state index contributed by atoms with van der Waals surface area (Å²) in [5, 5.41) is 0. The lowest BCUT2D eigenvalue weighted by molar-refractivity contribution is -0.130. The van der Waals surface area contributed by atoms with Crippen molar-refractivity contribution in [3.05, 3.63) is 35.9 Å². The number of carbonyl (C=O) groups is 1. The summed E-state index contributed by atoms with van der Waals surface area (Å²) >= 11 is 0. The molecule has 2 nitrogen and oxygen atoms in total. The first-order valence-corrected chi connectivity index (χ1v) is 6.89. The fraction of sp³-hybridized carbons (Fsp3) is 0.562. The molecular formula is C16H25NO. The van der Waals surface area contributed by atoms with Gasteiger partial charge in [-0.2, -0.15) is 0 Å². The minimum absolute atomic E-state index is 0.227. The van der Waals surface area contributed by atoms with Crippen LogP contribution in [0.15, 0.2) is 30.3 Å². The van der Waals surface area contributed by atoms with Crippen molar-refractivity contribution in [3.63, 3.8) is 0 Å². The van der Waals surface area contributed by atoms with Crippen molar-refractivity contribution in [2.24, 2.45) is 5.92 Å². The van der Waals surface area contributed by atoms with E-state index in [1.165, 1.54) is 5.56 Å². The predicted molar refractivity (Wildman–Crippen MR) is 76.6 cm³/mol. The lowest BCUT2D eigenvalue weighted by Crippen LogP contribution is -2.32. The first kappa shape index (κ1) is 14.7. The van der Waals surface area contributed by atoms with Crippen LogP contribution in [0.4, 0.5) is 0 Å². The van der Waals surface area contributed by atoms with Crippen LogP contribution in [0, 0.1) is 5.92 Å². The third-order valence-electron chi connectivity index (χ3n) is 3.64. The van der Waals surface area contributed by atoms with Crippen LogP contribution in [0.5, 0.6) is 0 Å². The molecular weight excluding hydrogens is 222 g/mol. The van der Waals surface area contributed by atoms with Crippen LogP contribution in [0.2, 0.25) is 0 Å². The second-order valence-electron chi connectivity index (χ2n) is 5.03. The van der Waals surface area contributed by atoms with Gasteiger partial charge in [0, 0.05) is 20.0 Å². The molecule has 1 amide bonds. The normalized spacial score (nSPS) is 14.0. The summed E-state index contributed by atoms with van der Waals surface area (Å²) in [6.45, 7) is 7.20. The molecule has 0 aliphatic heterocycles. The van der Waals surface area contributed by atoms with Crippen molar-refractivity contribution >= 4 is 5.91 Å². The van der Waals surface area contributed by atoms with E-state index in [2.05, 4.69) is 38.1 Å². The fourth-order valence-electron chi connectivity index (χ4n) is 2.60. The lowest BCUT2D eigenvalue weighted by Gasteiger charge is -2.27. The average molecular weight is 247 g/mol. The van der Waals surface area contributed by atoms with E-state index in [-0.39, 0.29) is 5.91 Å². The largest absolute Gasteiger partial charge is 0.345 e. The molecule has 18 heavy (non-hydrogen) atoms. The Labute approximate surface area is 111 Å². The van der Waals surface area contributed by atoms with Gasteiger partial charge in [-0.25, -0.2) is 0 Å². The first-order chi connectivity index (χ1) is 8.60. The molecule has 0 aliphatic rings. The Morgan fingerprint density at radius 3 is 2.33 bits per heavy atom. The number of carbonyl (C=O) groups excluding carboxylic acids is 1. The van der Waals surface area contributed by atoms with Gasteiger partial charge in [0.25, 0.3) is 0 Å². The van der Waals surface area contributed by atoms with Gasteiger partial charge in [0.05, 0.1) is 0 Å². The zero-order valence-electron chi connectivity index (χ0n) is 12.0. The summed E-state index contributed by atoms with van der Waals surface area (Å²) in [4.78, 5) is 13.5.